The Morgan fingerprint density at radius 1 is 1.19 bits per heavy atom. The minimum Gasteiger partial charge on any atom is -0.496 e. The summed E-state index contributed by atoms with van der Waals surface area (Å²) in [4.78, 5) is 28.7. The highest BCUT2D eigenvalue weighted by Crippen LogP contribution is 2.23. The van der Waals surface area contributed by atoms with Crippen LogP contribution >= 0.6 is 22.9 Å². The summed E-state index contributed by atoms with van der Waals surface area (Å²) in [6, 6.07) is 12.6. The molecule has 0 atom stereocenters. The van der Waals surface area contributed by atoms with Crippen molar-refractivity contribution in [1.82, 2.24) is 15.8 Å². The number of amides is 2. The average Bonchev–Trinajstić information content (AvgIpc) is 3.08. The highest BCUT2D eigenvalue weighted by atomic mass is 35.5. The fourth-order valence-corrected chi connectivity index (χ4v) is 3.71. The fraction of sp³-hybridized carbons (Fsp3) is 0.211. The predicted molar refractivity (Wildman–Crippen MR) is 106 cm³/mol. The Kier molecular flexibility index (Phi) is 6.26. The van der Waals surface area contributed by atoms with E-state index in [2.05, 4.69) is 15.8 Å². The van der Waals surface area contributed by atoms with Gasteiger partial charge in [0.2, 0.25) is 5.91 Å². The highest BCUT2D eigenvalue weighted by molar-refractivity contribution is 7.18. The molecule has 1 heterocycles. The molecule has 0 unspecified atom stereocenters. The molecule has 3 rings (SSSR count). The van der Waals surface area contributed by atoms with Gasteiger partial charge < -0.3 is 4.74 Å². The van der Waals surface area contributed by atoms with Crippen LogP contribution in [0.5, 0.6) is 5.75 Å². The SMILES string of the molecule is COc1cc(Cl)ccc1C(=O)NNC(=O)CCCc1nc2ccccc2s1. The molecule has 6 nitrogen and oxygen atoms in total. The van der Waals surface area contributed by atoms with Crippen molar-refractivity contribution in [3.63, 3.8) is 0 Å². The molecule has 1 aromatic heterocycles. The van der Waals surface area contributed by atoms with Crippen molar-refractivity contribution < 1.29 is 14.3 Å². The Morgan fingerprint density at radius 3 is 2.78 bits per heavy atom. The molecule has 0 saturated heterocycles. The molecule has 27 heavy (non-hydrogen) atoms. The highest BCUT2D eigenvalue weighted by Gasteiger charge is 2.13. The van der Waals surface area contributed by atoms with E-state index in [1.54, 1.807) is 17.4 Å². The molecule has 0 saturated carbocycles. The third-order valence-corrected chi connectivity index (χ3v) is 5.19. The molecule has 140 valence electrons. The van der Waals surface area contributed by atoms with Gasteiger partial charge in [-0.25, -0.2) is 4.98 Å². The van der Waals surface area contributed by atoms with Crippen molar-refractivity contribution in [1.29, 1.82) is 0 Å². The van der Waals surface area contributed by atoms with Crippen LogP contribution in [0.1, 0.15) is 28.2 Å². The fourth-order valence-electron chi connectivity index (χ4n) is 2.54. The number of benzene rings is 2. The third kappa shape index (κ3) is 4.96. The molecule has 0 aliphatic rings. The zero-order chi connectivity index (χ0) is 19.2. The Hall–Kier alpha value is -2.64. The monoisotopic (exact) mass is 403 g/mol. The van der Waals surface area contributed by atoms with E-state index in [1.165, 1.54) is 19.2 Å². The molecule has 0 aliphatic carbocycles. The lowest BCUT2D eigenvalue weighted by atomic mass is 10.2. The number of hydrazine groups is 1. The smallest absolute Gasteiger partial charge is 0.273 e. The second-order valence-electron chi connectivity index (χ2n) is 5.78. The van der Waals surface area contributed by atoms with Gasteiger partial charge in [0.25, 0.3) is 5.91 Å². The number of hydrogen-bond donors (Lipinski definition) is 2. The predicted octanol–water partition coefficient (Wildman–Crippen LogP) is 3.74. The van der Waals surface area contributed by atoms with Crippen LogP contribution < -0.4 is 15.6 Å². The topological polar surface area (TPSA) is 80.3 Å². The van der Waals surface area contributed by atoms with Crippen molar-refractivity contribution in [2.24, 2.45) is 0 Å². The number of aromatic nitrogens is 1. The number of aryl methyl sites for hydroxylation is 1. The van der Waals surface area contributed by atoms with E-state index in [9.17, 15) is 9.59 Å². The van der Waals surface area contributed by atoms with Crippen molar-refractivity contribution in [2.45, 2.75) is 19.3 Å². The van der Waals surface area contributed by atoms with E-state index in [1.807, 2.05) is 24.3 Å². The number of halogens is 1. The number of para-hydroxylation sites is 1. The molecule has 0 bridgehead atoms. The Labute approximate surface area is 165 Å². The first kappa shape index (κ1) is 19.1. The summed E-state index contributed by atoms with van der Waals surface area (Å²) in [5.74, 6) is -0.398. The lowest BCUT2D eigenvalue weighted by Crippen LogP contribution is -2.41. The number of methoxy groups -OCH3 is 1. The summed E-state index contributed by atoms with van der Waals surface area (Å²) in [7, 11) is 1.45. The van der Waals surface area contributed by atoms with Gasteiger partial charge in [-0.2, -0.15) is 0 Å². The zero-order valence-electron chi connectivity index (χ0n) is 14.6. The number of carbonyl (C=O) groups excluding carboxylic acids is 2. The molecule has 0 radical (unpaired) electrons. The van der Waals surface area contributed by atoms with Gasteiger partial charge in [0, 0.05) is 11.4 Å². The maximum atomic E-state index is 12.2. The number of hydrogen-bond acceptors (Lipinski definition) is 5. The standard InChI is InChI=1S/C19H18ClN3O3S/c1-26-15-11-12(20)9-10-13(15)19(25)23-22-17(24)7-4-8-18-21-14-5-2-3-6-16(14)27-18/h2-3,5-6,9-11H,4,7-8H2,1H3,(H,22,24)(H,23,25). The number of thiazole rings is 1. The summed E-state index contributed by atoms with van der Waals surface area (Å²) in [5, 5.41) is 1.46. The first-order valence-electron chi connectivity index (χ1n) is 8.34. The first-order chi connectivity index (χ1) is 13.1. The normalized spacial score (nSPS) is 10.6. The lowest BCUT2D eigenvalue weighted by molar-refractivity contribution is -0.121. The van der Waals surface area contributed by atoms with Gasteiger partial charge in [0.05, 0.1) is 27.9 Å². The van der Waals surface area contributed by atoms with Crippen LogP contribution in [0.15, 0.2) is 42.5 Å². The summed E-state index contributed by atoms with van der Waals surface area (Å²) >= 11 is 7.51. The molecular formula is C19H18ClN3O3S. The molecule has 2 N–H and O–H groups in total. The van der Waals surface area contributed by atoms with E-state index >= 15 is 0 Å². The van der Waals surface area contributed by atoms with Crippen LogP contribution in [-0.4, -0.2) is 23.9 Å². The largest absolute Gasteiger partial charge is 0.496 e. The van der Waals surface area contributed by atoms with Gasteiger partial charge in [0.15, 0.2) is 0 Å². The molecule has 8 heteroatoms. The lowest BCUT2D eigenvalue weighted by Gasteiger charge is -2.10. The molecule has 2 amide bonds. The number of fused-ring (bicyclic) bond motifs is 1. The van der Waals surface area contributed by atoms with Crippen molar-refractivity contribution in [2.75, 3.05) is 7.11 Å². The van der Waals surface area contributed by atoms with Crippen molar-refractivity contribution in [3.05, 3.63) is 58.1 Å². The summed E-state index contributed by atoms with van der Waals surface area (Å²) < 4.78 is 6.27. The van der Waals surface area contributed by atoms with Gasteiger partial charge in [0.1, 0.15) is 5.75 Å². The molecular weight excluding hydrogens is 386 g/mol. The van der Waals surface area contributed by atoms with Gasteiger partial charge in [-0.15, -0.1) is 11.3 Å². The number of nitrogens with zero attached hydrogens (tertiary/aromatic N) is 1. The maximum absolute atomic E-state index is 12.2. The van der Waals surface area contributed by atoms with Gasteiger partial charge >= 0.3 is 0 Å². The van der Waals surface area contributed by atoms with E-state index in [4.69, 9.17) is 16.3 Å². The summed E-state index contributed by atoms with van der Waals surface area (Å²) in [6.07, 6.45) is 1.64. The van der Waals surface area contributed by atoms with Crippen LogP contribution in [0.2, 0.25) is 5.02 Å². The summed E-state index contributed by atoms with van der Waals surface area (Å²) in [6.45, 7) is 0. The second kappa shape index (κ2) is 8.83. The average molecular weight is 404 g/mol. The van der Waals surface area contributed by atoms with Crippen molar-refractivity contribution in [3.8, 4) is 5.75 Å². The maximum Gasteiger partial charge on any atom is 0.273 e. The first-order valence-corrected chi connectivity index (χ1v) is 9.53. The minimum absolute atomic E-state index is 0.266. The van der Waals surface area contributed by atoms with E-state index in [-0.39, 0.29) is 17.9 Å². The van der Waals surface area contributed by atoms with Gasteiger partial charge in [-0.3, -0.25) is 20.4 Å². The van der Waals surface area contributed by atoms with E-state index < -0.39 is 5.91 Å². The van der Waals surface area contributed by atoms with Crippen LogP contribution in [0.4, 0.5) is 0 Å². The molecule has 0 fully saturated rings. The van der Waals surface area contributed by atoms with Crippen molar-refractivity contribution >= 4 is 45.0 Å². The number of ether oxygens (including phenoxy) is 1. The zero-order valence-corrected chi connectivity index (χ0v) is 16.2. The van der Waals surface area contributed by atoms with Crippen LogP contribution in [0.25, 0.3) is 10.2 Å². The Bertz CT molecular complexity index is 941. The van der Waals surface area contributed by atoms with E-state index in [0.29, 0.717) is 23.6 Å². The molecule has 3 aromatic rings. The van der Waals surface area contributed by atoms with Gasteiger partial charge in [-0.05, 0) is 43.2 Å². The van der Waals surface area contributed by atoms with E-state index in [0.717, 1.165) is 15.2 Å². The minimum atomic E-state index is -0.469. The summed E-state index contributed by atoms with van der Waals surface area (Å²) in [5.41, 5.74) is 6.07. The van der Waals surface area contributed by atoms with Crippen LogP contribution in [0.3, 0.4) is 0 Å². The van der Waals surface area contributed by atoms with Gasteiger partial charge in [-0.1, -0.05) is 23.7 Å². The Balaban J connectivity index is 1.46. The second-order valence-corrected chi connectivity index (χ2v) is 7.33. The molecule has 0 spiro atoms. The quantitative estimate of drug-likeness (QED) is 0.614. The molecule has 2 aromatic carbocycles. The van der Waals surface area contributed by atoms with Crippen LogP contribution in [0, 0.1) is 0 Å². The number of carbonyl (C=O) groups is 2. The Morgan fingerprint density at radius 2 is 2.00 bits per heavy atom. The number of nitrogens with one attached hydrogen (secondary N) is 2. The third-order valence-electron chi connectivity index (χ3n) is 3.86. The van der Waals surface area contributed by atoms with Crippen LogP contribution in [-0.2, 0) is 11.2 Å². The number of rotatable bonds is 6. The molecule has 0 aliphatic heterocycles.